The molecule has 0 radical (unpaired) electrons. The number of piperidine rings is 1. The zero-order chi connectivity index (χ0) is 52.1. The Hall–Kier alpha value is -6.35. The average Bonchev–Trinajstić information content (AvgIpc) is 3.30. The molecule has 2 bridgehead atoms. The van der Waals surface area contributed by atoms with Crippen LogP contribution in [0.25, 0.3) is 0 Å². The van der Waals surface area contributed by atoms with Crippen LogP contribution in [0.5, 0.6) is 5.75 Å². The van der Waals surface area contributed by atoms with Gasteiger partial charge in [-0.05, 0) is 91.1 Å². The van der Waals surface area contributed by atoms with Gasteiger partial charge in [-0.1, -0.05) is 77.1 Å². The molecule has 382 valence electrons. The second-order valence-electron chi connectivity index (χ2n) is 18.3. The molecule has 0 spiro atoms. The van der Waals surface area contributed by atoms with Gasteiger partial charge < -0.3 is 56.7 Å². The number of aromatic hydroxyl groups is 1. The van der Waals surface area contributed by atoms with Gasteiger partial charge in [0.1, 0.15) is 66.1 Å². The Kier molecular flexibility index (Phi) is 20.5. The number of ether oxygens (including phenoxy) is 1. The molecule has 9 atom stereocenters. The molecular formula is C49H67BrN8O12. The number of aliphatic hydroxyl groups is 1. The number of carbonyl (C=O) groups is 9. The van der Waals surface area contributed by atoms with Crippen molar-refractivity contribution < 1.29 is 58.1 Å². The molecular weight excluding hydrogens is 972 g/mol. The number of cyclic esters (lactones) is 1. The first-order valence-corrected chi connectivity index (χ1v) is 24.3. The number of fused-ring (bicyclic) bond motifs is 2. The highest BCUT2D eigenvalue weighted by Gasteiger charge is 2.45. The molecule has 8 N–H and O–H groups in total. The lowest BCUT2D eigenvalue weighted by atomic mass is 9.95. The molecule has 2 heterocycles. The molecule has 2 aliphatic rings. The number of hydrogen-bond donors (Lipinski definition) is 8. The van der Waals surface area contributed by atoms with Crippen molar-refractivity contribution in [3.8, 4) is 5.75 Å². The van der Waals surface area contributed by atoms with Crippen LogP contribution in [0.4, 0.5) is 0 Å². The second-order valence-corrected chi connectivity index (χ2v) is 19.2. The number of nitrogens with zero attached hydrogens (tertiary/aromatic N) is 2. The van der Waals surface area contributed by atoms with Crippen molar-refractivity contribution in [2.75, 3.05) is 7.05 Å². The minimum absolute atomic E-state index is 0.0680. The topological polar surface area (TPSA) is 282 Å². The standard InChI is InChI=1S/C49H67BrN8O12/c1-10-15-37(60)51-27(7)42(62)54-39(25(3)4)45(65)56-41-28(8)70-49(69)40(26(5)6)55-44(64)34(24-30-18-20-36(59)31(50)22-30)57(9)48(68)35(23-29-16-13-12-14-17-29)58-38(61)21-19-33(47(58)67)53-43(63)32(11-2)52-46(41)66/h11-14,16-18,20,22,25-28,33-35,38-41,59,61H,10,15,19,21,23-24H2,1-9H3,(H,51,60)(H,52,66)(H,53,63)(H,54,62)(H,55,64)(H,56,65)/b32-11-/t27-,28-,33-,34-,35-,38+,39+,40+,41-/m0/s1. The van der Waals surface area contributed by atoms with Crippen LogP contribution in [-0.2, 0) is 60.7 Å². The molecule has 2 aliphatic heterocycles. The smallest absolute Gasteiger partial charge is 0.329 e. The third-order valence-corrected chi connectivity index (χ3v) is 12.8. The summed E-state index contributed by atoms with van der Waals surface area (Å²) in [5.74, 6) is -8.72. The number of phenolic OH excluding ortho intramolecular Hbond substituents is 1. The fraction of sp³-hybridized carbons (Fsp3) is 0.531. The number of allylic oxidation sites excluding steroid dienone is 1. The third kappa shape index (κ3) is 14.6. The Labute approximate surface area is 416 Å². The van der Waals surface area contributed by atoms with E-state index in [1.165, 1.54) is 40.0 Å². The lowest BCUT2D eigenvalue weighted by Gasteiger charge is -2.43. The summed E-state index contributed by atoms with van der Waals surface area (Å²) in [5.41, 5.74) is 0.712. The molecule has 0 aliphatic carbocycles. The highest BCUT2D eigenvalue weighted by atomic mass is 79.9. The summed E-state index contributed by atoms with van der Waals surface area (Å²) < 4.78 is 6.16. The minimum atomic E-state index is -1.75. The number of amides is 8. The number of phenols is 1. The predicted octanol–water partition coefficient (Wildman–Crippen LogP) is 1.60. The van der Waals surface area contributed by atoms with Crippen molar-refractivity contribution in [2.45, 2.75) is 149 Å². The van der Waals surface area contributed by atoms with Gasteiger partial charge in [-0.25, -0.2) is 4.79 Å². The molecule has 8 amide bonds. The lowest BCUT2D eigenvalue weighted by molar-refractivity contribution is -0.165. The fourth-order valence-corrected chi connectivity index (χ4v) is 8.50. The van der Waals surface area contributed by atoms with Crippen LogP contribution in [0.2, 0.25) is 0 Å². The van der Waals surface area contributed by atoms with Gasteiger partial charge in [0.15, 0.2) is 0 Å². The van der Waals surface area contributed by atoms with E-state index in [4.69, 9.17) is 4.74 Å². The minimum Gasteiger partial charge on any atom is -0.507 e. The maximum Gasteiger partial charge on any atom is 0.329 e. The van der Waals surface area contributed by atoms with Gasteiger partial charge in [-0.3, -0.25) is 38.4 Å². The number of likely N-dealkylation sites (N-methyl/N-ethyl adjacent to an activating group) is 1. The number of carbonyl (C=O) groups excluding carboxylic acids is 9. The van der Waals surface area contributed by atoms with E-state index in [0.29, 0.717) is 22.0 Å². The summed E-state index contributed by atoms with van der Waals surface area (Å²) in [6, 6.07) is 3.53. The van der Waals surface area contributed by atoms with Crippen LogP contribution in [0.1, 0.15) is 92.2 Å². The third-order valence-electron chi connectivity index (χ3n) is 12.2. The van der Waals surface area contributed by atoms with E-state index in [-0.39, 0.29) is 49.5 Å². The number of aliphatic hydroxyl groups excluding tert-OH is 1. The molecule has 21 heteroatoms. The van der Waals surface area contributed by atoms with Crippen LogP contribution in [0, 0.1) is 11.8 Å². The van der Waals surface area contributed by atoms with Crippen molar-refractivity contribution in [1.29, 1.82) is 0 Å². The highest BCUT2D eigenvalue weighted by molar-refractivity contribution is 9.10. The summed E-state index contributed by atoms with van der Waals surface area (Å²) in [7, 11) is 1.35. The number of nitrogens with one attached hydrogen (secondary N) is 6. The molecule has 2 saturated heterocycles. The number of esters is 1. The molecule has 20 nitrogen and oxygen atoms in total. The second kappa shape index (κ2) is 25.5. The average molecular weight is 1040 g/mol. The summed E-state index contributed by atoms with van der Waals surface area (Å²) >= 11 is 3.30. The Morgan fingerprint density at radius 3 is 2.13 bits per heavy atom. The van der Waals surface area contributed by atoms with Crippen molar-refractivity contribution in [1.82, 2.24) is 41.7 Å². The molecule has 4 rings (SSSR count). The maximum absolute atomic E-state index is 15.0. The maximum atomic E-state index is 15.0. The molecule has 0 saturated carbocycles. The summed E-state index contributed by atoms with van der Waals surface area (Å²) in [6.07, 6.45) is -1.51. The molecule has 0 aromatic heterocycles. The summed E-state index contributed by atoms with van der Waals surface area (Å²) in [6.45, 7) is 12.5. The zero-order valence-corrected chi connectivity index (χ0v) is 42.6. The first kappa shape index (κ1) is 56.2. The number of hydrogen-bond acceptors (Lipinski definition) is 12. The highest BCUT2D eigenvalue weighted by Crippen LogP contribution is 2.28. The molecule has 2 aromatic rings. The SMILES string of the molecule is C/C=C1\NC(=O)[C@@H](NC(=O)[C@H](NC(=O)[C@H](C)NC(=O)CCC)C(C)C)[C@H](C)OC(=O)[C@@H](C(C)C)NC(=O)[C@H](Cc2ccc(O)c(Br)c2)N(C)C(=O)[C@H](Cc2ccccc2)N2C(=O)[C@H](CC[C@H]2O)NC1=O. The quantitative estimate of drug-likeness (QED) is 0.105. The monoisotopic (exact) mass is 1040 g/mol. The fourth-order valence-electron chi connectivity index (χ4n) is 8.07. The van der Waals surface area contributed by atoms with E-state index in [9.17, 15) is 48.6 Å². The van der Waals surface area contributed by atoms with Gasteiger partial charge in [-0.2, -0.15) is 0 Å². The first-order chi connectivity index (χ1) is 33.0. The molecule has 0 unspecified atom stereocenters. The van der Waals surface area contributed by atoms with E-state index >= 15 is 4.79 Å². The first-order valence-electron chi connectivity index (χ1n) is 23.5. The van der Waals surface area contributed by atoms with Gasteiger partial charge in [0.2, 0.25) is 35.4 Å². The van der Waals surface area contributed by atoms with Crippen LogP contribution < -0.4 is 31.9 Å². The van der Waals surface area contributed by atoms with E-state index in [0.717, 1.165) is 9.80 Å². The summed E-state index contributed by atoms with van der Waals surface area (Å²) in [4.78, 5) is 129. The Morgan fingerprint density at radius 1 is 0.871 bits per heavy atom. The van der Waals surface area contributed by atoms with Crippen molar-refractivity contribution >= 4 is 69.2 Å². The summed E-state index contributed by atoms with van der Waals surface area (Å²) in [5, 5.41) is 37.3. The van der Waals surface area contributed by atoms with Gasteiger partial charge in [-0.15, -0.1) is 0 Å². The van der Waals surface area contributed by atoms with E-state index < -0.39 is 114 Å². The Balaban J connectivity index is 1.83. The Bertz CT molecular complexity index is 2290. The molecule has 2 fully saturated rings. The van der Waals surface area contributed by atoms with Gasteiger partial charge in [0.25, 0.3) is 11.8 Å². The van der Waals surface area contributed by atoms with Crippen LogP contribution in [0.15, 0.2) is 64.8 Å². The van der Waals surface area contributed by atoms with Gasteiger partial charge >= 0.3 is 5.97 Å². The van der Waals surface area contributed by atoms with Crippen LogP contribution in [-0.4, -0.2) is 135 Å². The van der Waals surface area contributed by atoms with Crippen molar-refractivity contribution in [3.63, 3.8) is 0 Å². The molecule has 70 heavy (non-hydrogen) atoms. The van der Waals surface area contributed by atoms with Crippen LogP contribution >= 0.6 is 15.9 Å². The predicted molar refractivity (Wildman–Crippen MR) is 259 cm³/mol. The van der Waals surface area contributed by atoms with Crippen molar-refractivity contribution in [2.24, 2.45) is 11.8 Å². The molecule has 2 aromatic carbocycles. The Morgan fingerprint density at radius 2 is 1.53 bits per heavy atom. The number of benzene rings is 2. The number of rotatable bonds is 13. The van der Waals surface area contributed by atoms with E-state index in [1.54, 1.807) is 77.1 Å². The lowest BCUT2D eigenvalue weighted by Crippen LogP contribution is -2.64. The van der Waals surface area contributed by atoms with Gasteiger partial charge in [0.05, 0.1) is 4.47 Å². The van der Waals surface area contributed by atoms with E-state index in [1.807, 2.05) is 0 Å². The zero-order valence-electron chi connectivity index (χ0n) is 41.0. The number of halogens is 1. The van der Waals surface area contributed by atoms with Crippen LogP contribution in [0.3, 0.4) is 0 Å². The van der Waals surface area contributed by atoms with E-state index in [2.05, 4.69) is 47.8 Å². The normalized spacial score (nSPS) is 24.6. The van der Waals surface area contributed by atoms with Gasteiger partial charge in [0, 0.05) is 26.3 Å². The largest absolute Gasteiger partial charge is 0.507 e. The van der Waals surface area contributed by atoms with Crippen molar-refractivity contribution in [3.05, 3.63) is 75.9 Å².